The first-order valence-electron chi connectivity index (χ1n) is 12.6. The molecule has 3 aromatic rings. The van der Waals surface area contributed by atoms with Crippen molar-refractivity contribution in [2.45, 2.75) is 52.1 Å². The quantitative estimate of drug-likeness (QED) is 0.140. The van der Waals surface area contributed by atoms with E-state index in [-0.39, 0.29) is 6.61 Å². The fourth-order valence-electron chi connectivity index (χ4n) is 3.25. The van der Waals surface area contributed by atoms with Crippen molar-refractivity contribution in [1.82, 2.24) is 0 Å². The minimum absolute atomic E-state index is 0.102. The summed E-state index contributed by atoms with van der Waals surface area (Å²) in [4.78, 5) is 11.9. The highest BCUT2D eigenvalue weighted by molar-refractivity contribution is 5.87. The van der Waals surface area contributed by atoms with Gasteiger partial charge in [-0.1, -0.05) is 73.7 Å². The minimum Gasteiger partial charge on any atom is -0.494 e. The van der Waals surface area contributed by atoms with Crippen LogP contribution in [-0.4, -0.2) is 19.8 Å². The van der Waals surface area contributed by atoms with Crippen molar-refractivity contribution in [3.63, 3.8) is 0 Å². The topological polar surface area (TPSA) is 87.6 Å². The Morgan fingerprint density at radius 2 is 1.57 bits per heavy atom. The molecule has 1 saturated carbocycles. The van der Waals surface area contributed by atoms with Gasteiger partial charge < -0.3 is 20.9 Å². The number of carbonyl (C=O) groups excluding carboxylic acids is 1. The Morgan fingerprint density at radius 3 is 2.16 bits per heavy atom. The van der Waals surface area contributed by atoms with Gasteiger partial charge in [-0.15, -0.1) is 0 Å². The standard InChI is InChI=1S/C26H28N2O3.C4H8.CH3F/c1-19-4-6-20(7-5-19)3-2-16-30-24-13-8-21(9-14-24)10-15-26(29)31-18-22-11-12-23(27)17-25(22)28;1-2-4-3-1;1-2/h4-15,17H,2-3,16,18,27-28H2,1H3;1-4H2;1H3/b15-10+;;. The van der Waals surface area contributed by atoms with Crippen LogP contribution in [0.5, 0.6) is 5.75 Å². The van der Waals surface area contributed by atoms with Gasteiger partial charge in [0.2, 0.25) is 0 Å². The van der Waals surface area contributed by atoms with E-state index >= 15 is 0 Å². The van der Waals surface area contributed by atoms with E-state index in [2.05, 4.69) is 31.2 Å². The first-order chi connectivity index (χ1) is 18.0. The number of hydrogen-bond acceptors (Lipinski definition) is 5. The fraction of sp³-hybridized carbons (Fsp3) is 0.323. The van der Waals surface area contributed by atoms with E-state index in [0.29, 0.717) is 25.2 Å². The zero-order valence-corrected chi connectivity index (χ0v) is 21.9. The molecule has 1 aliphatic rings. The Kier molecular flexibility index (Phi) is 13.4. The lowest BCUT2D eigenvalue weighted by Crippen LogP contribution is -2.03. The summed E-state index contributed by atoms with van der Waals surface area (Å²) in [5, 5.41) is 0. The molecule has 198 valence electrons. The first-order valence-corrected chi connectivity index (χ1v) is 12.6. The third-order valence-corrected chi connectivity index (χ3v) is 5.83. The molecule has 0 bridgehead atoms. The summed E-state index contributed by atoms with van der Waals surface area (Å²) in [7, 11) is 0.500. The number of nitrogens with two attached hydrogens (primary N) is 2. The number of nitrogen functional groups attached to an aromatic ring is 2. The average molecular weight is 507 g/mol. The number of esters is 1. The van der Waals surface area contributed by atoms with Gasteiger partial charge in [0.05, 0.1) is 13.8 Å². The smallest absolute Gasteiger partial charge is 0.331 e. The largest absolute Gasteiger partial charge is 0.494 e. The number of aryl methyl sites for hydroxylation is 2. The van der Waals surface area contributed by atoms with E-state index in [1.165, 1.54) is 42.9 Å². The highest BCUT2D eigenvalue weighted by Crippen LogP contribution is 2.17. The van der Waals surface area contributed by atoms with Gasteiger partial charge in [-0.3, -0.25) is 4.39 Å². The second-order valence-electron chi connectivity index (χ2n) is 8.82. The normalized spacial score (nSPS) is 11.9. The fourth-order valence-corrected chi connectivity index (χ4v) is 3.25. The molecule has 0 spiro atoms. The molecule has 6 heteroatoms. The lowest BCUT2D eigenvalue weighted by molar-refractivity contribution is -0.138. The van der Waals surface area contributed by atoms with Crippen LogP contribution in [0.1, 0.15) is 54.4 Å². The number of ether oxygens (including phenoxy) is 2. The van der Waals surface area contributed by atoms with Gasteiger partial charge in [-0.25, -0.2) is 4.79 Å². The van der Waals surface area contributed by atoms with E-state index in [1.807, 2.05) is 24.3 Å². The molecule has 5 nitrogen and oxygen atoms in total. The number of anilines is 2. The Balaban J connectivity index is 0.000000716. The molecule has 0 saturated heterocycles. The van der Waals surface area contributed by atoms with Crippen molar-refractivity contribution in [1.29, 1.82) is 0 Å². The summed E-state index contributed by atoms with van der Waals surface area (Å²) in [6, 6.07) is 21.3. The van der Waals surface area contributed by atoms with E-state index in [9.17, 15) is 9.18 Å². The minimum atomic E-state index is -0.437. The maximum atomic E-state index is 11.9. The first kappa shape index (κ1) is 29.4. The highest BCUT2D eigenvalue weighted by atomic mass is 19.1. The summed E-state index contributed by atoms with van der Waals surface area (Å²) >= 11 is 0. The molecule has 0 heterocycles. The molecular weight excluding hydrogens is 467 g/mol. The summed E-state index contributed by atoms with van der Waals surface area (Å²) < 4.78 is 20.5. The molecule has 3 aromatic carbocycles. The van der Waals surface area contributed by atoms with Crippen molar-refractivity contribution in [2.75, 3.05) is 25.3 Å². The number of rotatable bonds is 9. The van der Waals surface area contributed by atoms with Crippen molar-refractivity contribution >= 4 is 23.4 Å². The summed E-state index contributed by atoms with van der Waals surface area (Å²) in [5.74, 6) is 0.370. The predicted octanol–water partition coefficient (Wildman–Crippen LogP) is 7.07. The number of alkyl halides is 1. The molecule has 1 aliphatic carbocycles. The highest BCUT2D eigenvalue weighted by Gasteiger charge is 2.03. The number of halogens is 1. The SMILES string of the molecule is C1CCC1.CF.Cc1ccc(CCCOc2ccc(/C=C/C(=O)OCc3ccc(N)cc3N)cc2)cc1. The zero-order valence-electron chi connectivity index (χ0n) is 21.9. The molecule has 4 rings (SSSR count). The van der Waals surface area contributed by atoms with Crippen LogP contribution < -0.4 is 16.2 Å². The monoisotopic (exact) mass is 506 g/mol. The van der Waals surface area contributed by atoms with E-state index in [0.717, 1.165) is 29.7 Å². The van der Waals surface area contributed by atoms with Crippen LogP contribution in [0.3, 0.4) is 0 Å². The van der Waals surface area contributed by atoms with Gasteiger partial charge in [0.1, 0.15) is 12.4 Å². The van der Waals surface area contributed by atoms with Gasteiger partial charge in [0.25, 0.3) is 0 Å². The van der Waals surface area contributed by atoms with Gasteiger partial charge >= 0.3 is 5.97 Å². The van der Waals surface area contributed by atoms with E-state index in [4.69, 9.17) is 20.9 Å². The lowest BCUT2D eigenvalue weighted by Gasteiger charge is -2.07. The Bertz CT molecular complexity index is 1090. The third kappa shape index (κ3) is 11.7. The van der Waals surface area contributed by atoms with Crippen LogP contribution in [-0.2, 0) is 22.6 Å². The number of hydrogen-bond donors (Lipinski definition) is 2. The summed E-state index contributed by atoms with van der Waals surface area (Å²) in [6.07, 6.45) is 11.0. The van der Waals surface area contributed by atoms with Crippen LogP contribution in [0, 0.1) is 6.92 Å². The molecule has 0 radical (unpaired) electrons. The summed E-state index contributed by atoms with van der Waals surface area (Å²) in [5.41, 5.74) is 16.8. The average Bonchev–Trinajstić information content (AvgIpc) is 2.87. The maximum absolute atomic E-state index is 11.9. The van der Waals surface area contributed by atoms with Crippen LogP contribution in [0.2, 0.25) is 0 Å². The molecule has 1 fully saturated rings. The van der Waals surface area contributed by atoms with E-state index < -0.39 is 5.97 Å². The molecule has 0 aliphatic heterocycles. The van der Waals surface area contributed by atoms with Crippen molar-refractivity contribution in [2.24, 2.45) is 0 Å². The lowest BCUT2D eigenvalue weighted by atomic mass is 10.0. The van der Waals surface area contributed by atoms with Gasteiger partial charge in [-0.2, -0.15) is 0 Å². The summed E-state index contributed by atoms with van der Waals surface area (Å²) in [6.45, 7) is 2.85. The van der Waals surface area contributed by atoms with Gasteiger partial charge in [0.15, 0.2) is 0 Å². The molecular formula is C31H39FN2O3. The number of benzene rings is 3. The Hall–Kier alpha value is -3.80. The molecule has 0 amide bonds. The van der Waals surface area contributed by atoms with Crippen molar-refractivity contribution < 1.29 is 18.7 Å². The second kappa shape index (κ2) is 16.8. The second-order valence-corrected chi connectivity index (χ2v) is 8.82. The maximum Gasteiger partial charge on any atom is 0.331 e. The van der Waals surface area contributed by atoms with Gasteiger partial charge in [-0.05, 0) is 61.2 Å². The predicted molar refractivity (Wildman–Crippen MR) is 151 cm³/mol. The molecule has 37 heavy (non-hydrogen) atoms. The Labute approximate surface area is 220 Å². The Morgan fingerprint density at radius 1 is 0.919 bits per heavy atom. The van der Waals surface area contributed by atoms with Crippen molar-refractivity contribution in [3.05, 3.63) is 95.1 Å². The van der Waals surface area contributed by atoms with Gasteiger partial charge in [0, 0.05) is 23.0 Å². The van der Waals surface area contributed by atoms with Crippen molar-refractivity contribution in [3.8, 4) is 5.75 Å². The van der Waals surface area contributed by atoms with Crippen LogP contribution >= 0.6 is 0 Å². The van der Waals surface area contributed by atoms with E-state index in [1.54, 1.807) is 24.3 Å². The molecule has 0 unspecified atom stereocenters. The van der Waals surface area contributed by atoms with Crippen LogP contribution in [0.4, 0.5) is 15.8 Å². The molecule has 0 atom stereocenters. The third-order valence-electron chi connectivity index (χ3n) is 5.83. The van der Waals surface area contributed by atoms with Crippen LogP contribution in [0.15, 0.2) is 72.8 Å². The molecule has 4 N–H and O–H groups in total. The van der Waals surface area contributed by atoms with Crippen LogP contribution in [0.25, 0.3) is 6.08 Å². The number of carbonyl (C=O) groups is 1. The zero-order chi connectivity index (χ0) is 26.9. The molecule has 0 aromatic heterocycles.